The van der Waals surface area contributed by atoms with E-state index in [1.165, 1.54) is 30.5 Å². The normalized spacial score (nSPS) is 25.0. The predicted octanol–water partition coefficient (Wildman–Crippen LogP) is 1.89. The summed E-state index contributed by atoms with van der Waals surface area (Å²) in [4.78, 5) is 8.77. The van der Waals surface area contributed by atoms with Crippen LogP contribution in [0.1, 0.15) is 44.4 Å². The number of fused-ring (bicyclic) bond motifs is 1. The van der Waals surface area contributed by atoms with Gasteiger partial charge in [0.2, 0.25) is 5.88 Å². The van der Waals surface area contributed by atoms with Crippen molar-refractivity contribution in [1.29, 1.82) is 0 Å². The Hall–Kier alpha value is -1.20. The van der Waals surface area contributed by atoms with Gasteiger partial charge in [-0.2, -0.15) is 0 Å². The van der Waals surface area contributed by atoms with E-state index in [9.17, 15) is 0 Å². The molecule has 0 spiro atoms. The van der Waals surface area contributed by atoms with Gasteiger partial charge in [-0.15, -0.1) is 0 Å². The average molecular weight is 291 g/mol. The molecule has 1 aromatic rings. The lowest BCUT2D eigenvalue weighted by Crippen LogP contribution is -2.52. The Labute approximate surface area is 126 Å². The Morgan fingerprint density at radius 1 is 1.29 bits per heavy atom. The van der Waals surface area contributed by atoms with Crippen LogP contribution in [0.5, 0.6) is 5.88 Å². The van der Waals surface area contributed by atoms with E-state index in [4.69, 9.17) is 9.47 Å². The highest BCUT2D eigenvalue weighted by atomic mass is 16.6. The van der Waals surface area contributed by atoms with Crippen molar-refractivity contribution in [2.24, 2.45) is 0 Å². The van der Waals surface area contributed by atoms with E-state index in [0.29, 0.717) is 6.61 Å². The molecule has 3 rings (SSSR count). The van der Waals surface area contributed by atoms with E-state index in [-0.39, 0.29) is 11.7 Å². The third-order valence-corrected chi connectivity index (χ3v) is 4.15. The van der Waals surface area contributed by atoms with Crippen molar-refractivity contribution in [3.05, 3.63) is 17.6 Å². The Balaban J connectivity index is 1.65. The molecule has 1 saturated heterocycles. The molecule has 1 N–H and O–H groups in total. The lowest BCUT2D eigenvalue weighted by Gasteiger charge is -2.36. The summed E-state index contributed by atoms with van der Waals surface area (Å²) in [5, 5.41) is 3.40. The van der Waals surface area contributed by atoms with Crippen LogP contribution in [0.3, 0.4) is 0 Å². The maximum absolute atomic E-state index is 6.03. The molecule has 2 heterocycles. The summed E-state index contributed by atoms with van der Waals surface area (Å²) in [7, 11) is 0. The fourth-order valence-electron chi connectivity index (χ4n) is 3.13. The number of rotatable bonds is 3. The Morgan fingerprint density at radius 2 is 2.14 bits per heavy atom. The molecule has 1 aliphatic carbocycles. The van der Waals surface area contributed by atoms with Gasteiger partial charge in [-0.1, -0.05) is 6.42 Å². The minimum absolute atomic E-state index is 0.0742. The van der Waals surface area contributed by atoms with E-state index in [0.717, 1.165) is 31.8 Å². The molecule has 1 aromatic heterocycles. The van der Waals surface area contributed by atoms with Gasteiger partial charge < -0.3 is 14.8 Å². The third-order valence-electron chi connectivity index (χ3n) is 4.15. The minimum atomic E-state index is -0.130. The summed E-state index contributed by atoms with van der Waals surface area (Å²) in [5.41, 5.74) is 2.24. The van der Waals surface area contributed by atoms with Gasteiger partial charge in [0, 0.05) is 18.7 Å². The lowest BCUT2D eigenvalue weighted by atomic mass is 10.1. The third kappa shape index (κ3) is 3.71. The summed E-state index contributed by atoms with van der Waals surface area (Å²) in [6.07, 6.45) is 7.45. The summed E-state index contributed by atoms with van der Waals surface area (Å²) in [6.45, 7) is 6.45. The molecule has 5 nitrogen and oxygen atoms in total. The van der Waals surface area contributed by atoms with Crippen LogP contribution < -0.4 is 10.1 Å². The summed E-state index contributed by atoms with van der Waals surface area (Å²) >= 11 is 0. The molecule has 1 aliphatic heterocycles. The highest BCUT2D eigenvalue weighted by Gasteiger charge is 2.29. The first-order valence-electron chi connectivity index (χ1n) is 7.98. The van der Waals surface area contributed by atoms with Crippen molar-refractivity contribution >= 4 is 0 Å². The zero-order valence-electron chi connectivity index (χ0n) is 13.0. The van der Waals surface area contributed by atoms with Crippen LogP contribution in [0.4, 0.5) is 0 Å². The van der Waals surface area contributed by atoms with Gasteiger partial charge in [-0.05, 0) is 39.5 Å². The van der Waals surface area contributed by atoms with Crippen LogP contribution in [0.2, 0.25) is 0 Å². The Kier molecular flexibility index (Phi) is 4.40. The summed E-state index contributed by atoms with van der Waals surface area (Å²) < 4.78 is 12.0. The molecule has 116 valence electrons. The van der Waals surface area contributed by atoms with E-state index >= 15 is 0 Å². The van der Waals surface area contributed by atoms with Crippen LogP contribution in [0, 0.1) is 0 Å². The van der Waals surface area contributed by atoms with Crippen LogP contribution in [-0.4, -0.2) is 41.4 Å². The van der Waals surface area contributed by atoms with Crippen LogP contribution >= 0.6 is 0 Å². The SMILES string of the molecule is CC1(C)CNCC(COc2ncnc3c2CCCCC3)O1. The number of ether oxygens (including phenoxy) is 2. The molecule has 1 fully saturated rings. The fourth-order valence-corrected chi connectivity index (χ4v) is 3.13. The number of aryl methyl sites for hydroxylation is 1. The van der Waals surface area contributed by atoms with Gasteiger partial charge in [0.15, 0.2) is 0 Å². The highest BCUT2D eigenvalue weighted by molar-refractivity contribution is 5.30. The largest absolute Gasteiger partial charge is 0.475 e. The topological polar surface area (TPSA) is 56.3 Å². The lowest BCUT2D eigenvalue weighted by molar-refractivity contribution is -0.107. The van der Waals surface area contributed by atoms with Crippen molar-refractivity contribution in [2.45, 2.75) is 57.7 Å². The first kappa shape index (κ1) is 14.7. The second kappa shape index (κ2) is 6.28. The van der Waals surface area contributed by atoms with Crippen molar-refractivity contribution in [3.63, 3.8) is 0 Å². The summed E-state index contributed by atoms with van der Waals surface area (Å²) in [5.74, 6) is 0.758. The van der Waals surface area contributed by atoms with Crippen molar-refractivity contribution in [1.82, 2.24) is 15.3 Å². The number of hydrogen-bond acceptors (Lipinski definition) is 5. The van der Waals surface area contributed by atoms with Gasteiger partial charge in [0.25, 0.3) is 0 Å². The highest BCUT2D eigenvalue weighted by Crippen LogP contribution is 2.26. The summed E-state index contributed by atoms with van der Waals surface area (Å²) in [6, 6.07) is 0. The van der Waals surface area contributed by atoms with E-state index in [2.05, 4.69) is 29.1 Å². The molecule has 21 heavy (non-hydrogen) atoms. The quantitative estimate of drug-likeness (QED) is 0.862. The first-order valence-corrected chi connectivity index (χ1v) is 7.98. The molecular formula is C16H25N3O2. The molecule has 0 radical (unpaired) electrons. The second-order valence-electron chi connectivity index (χ2n) is 6.61. The van der Waals surface area contributed by atoms with Gasteiger partial charge in [0.1, 0.15) is 19.0 Å². The number of aromatic nitrogens is 2. The van der Waals surface area contributed by atoms with Crippen LogP contribution in [-0.2, 0) is 17.6 Å². The molecule has 1 unspecified atom stereocenters. The zero-order valence-corrected chi connectivity index (χ0v) is 13.0. The van der Waals surface area contributed by atoms with Crippen molar-refractivity contribution in [2.75, 3.05) is 19.7 Å². The van der Waals surface area contributed by atoms with Crippen molar-refractivity contribution in [3.8, 4) is 5.88 Å². The average Bonchev–Trinajstić information content (AvgIpc) is 2.69. The number of hydrogen-bond donors (Lipinski definition) is 1. The smallest absolute Gasteiger partial charge is 0.219 e. The van der Waals surface area contributed by atoms with E-state index in [1.807, 2.05) is 0 Å². The molecule has 0 saturated carbocycles. The Morgan fingerprint density at radius 3 is 3.00 bits per heavy atom. The molecule has 0 bridgehead atoms. The first-order chi connectivity index (χ1) is 10.1. The zero-order chi connectivity index (χ0) is 14.7. The monoisotopic (exact) mass is 291 g/mol. The maximum Gasteiger partial charge on any atom is 0.219 e. The van der Waals surface area contributed by atoms with Crippen molar-refractivity contribution < 1.29 is 9.47 Å². The molecule has 5 heteroatoms. The number of nitrogens with one attached hydrogen (secondary N) is 1. The number of nitrogens with zero attached hydrogens (tertiary/aromatic N) is 2. The molecule has 1 atom stereocenters. The molecular weight excluding hydrogens is 266 g/mol. The molecule has 0 aromatic carbocycles. The number of morpholine rings is 1. The fraction of sp³-hybridized carbons (Fsp3) is 0.750. The standard InChI is InChI=1S/C16H25N3O2/c1-16(2)10-17-8-12(21-16)9-20-15-13-6-4-3-5-7-14(13)18-11-19-15/h11-12,17H,3-10H2,1-2H3. The van der Waals surface area contributed by atoms with E-state index < -0.39 is 0 Å². The van der Waals surface area contributed by atoms with Gasteiger partial charge in [-0.3, -0.25) is 0 Å². The van der Waals surface area contributed by atoms with Crippen LogP contribution in [0.15, 0.2) is 6.33 Å². The van der Waals surface area contributed by atoms with Gasteiger partial charge >= 0.3 is 0 Å². The molecule has 2 aliphatic rings. The van der Waals surface area contributed by atoms with Gasteiger partial charge in [0.05, 0.1) is 11.3 Å². The van der Waals surface area contributed by atoms with Crippen LogP contribution in [0.25, 0.3) is 0 Å². The second-order valence-corrected chi connectivity index (χ2v) is 6.61. The maximum atomic E-state index is 6.03. The predicted molar refractivity (Wildman–Crippen MR) is 80.6 cm³/mol. The Bertz CT molecular complexity index is 490. The van der Waals surface area contributed by atoms with E-state index in [1.54, 1.807) is 6.33 Å². The van der Waals surface area contributed by atoms with Gasteiger partial charge in [-0.25, -0.2) is 9.97 Å². The molecule has 0 amide bonds. The minimum Gasteiger partial charge on any atom is -0.475 e.